The van der Waals surface area contributed by atoms with Crippen molar-refractivity contribution < 1.29 is 14.7 Å². The van der Waals surface area contributed by atoms with Crippen LogP contribution in [0.3, 0.4) is 0 Å². The van der Waals surface area contributed by atoms with E-state index < -0.39 is 11.9 Å². The number of aromatic carboxylic acids is 1. The number of amides is 1. The number of carbonyl (C=O) groups excluding carboxylic acids is 1. The molecule has 0 saturated carbocycles. The summed E-state index contributed by atoms with van der Waals surface area (Å²) in [6.07, 6.45) is 0. The van der Waals surface area contributed by atoms with Crippen LogP contribution < -0.4 is 5.73 Å². The third-order valence-electron chi connectivity index (χ3n) is 3.86. The van der Waals surface area contributed by atoms with Gasteiger partial charge in [-0.05, 0) is 30.3 Å². The Bertz CT molecular complexity index is 1180. The lowest BCUT2D eigenvalue weighted by Crippen LogP contribution is -2.10. The third-order valence-corrected chi connectivity index (χ3v) is 5.32. The highest BCUT2D eigenvalue weighted by Gasteiger charge is 2.23. The summed E-state index contributed by atoms with van der Waals surface area (Å²) in [4.78, 5) is 30.7. The van der Waals surface area contributed by atoms with Gasteiger partial charge < -0.3 is 15.8 Å². The zero-order valence-electron chi connectivity index (χ0n) is 12.5. The molecule has 0 spiro atoms. The van der Waals surface area contributed by atoms with E-state index in [9.17, 15) is 14.7 Å². The third kappa shape index (κ3) is 2.45. The number of H-pyrrole nitrogens is 1. The lowest BCUT2D eigenvalue weighted by atomic mass is 10.1. The molecule has 2 aromatic heterocycles. The second-order valence-electron chi connectivity index (χ2n) is 5.41. The Balaban J connectivity index is 2.04. The molecule has 25 heavy (non-hydrogen) atoms. The maximum Gasteiger partial charge on any atom is 0.346 e. The number of benzene rings is 2. The normalized spacial score (nSPS) is 11.2. The lowest BCUT2D eigenvalue weighted by Gasteiger charge is -1.99. The minimum absolute atomic E-state index is 0.150. The van der Waals surface area contributed by atoms with Crippen LogP contribution in [0.25, 0.3) is 32.5 Å². The molecular formula is C17H10ClN3O3S. The van der Waals surface area contributed by atoms with Crippen LogP contribution >= 0.6 is 22.9 Å². The molecule has 4 rings (SSSR count). The molecule has 2 heterocycles. The monoisotopic (exact) mass is 371 g/mol. The number of hydrogen-bond acceptors (Lipinski definition) is 4. The molecule has 0 aliphatic rings. The molecule has 0 atom stereocenters. The first kappa shape index (κ1) is 15.6. The van der Waals surface area contributed by atoms with Crippen molar-refractivity contribution in [3.05, 3.63) is 51.9 Å². The Kier molecular flexibility index (Phi) is 3.48. The van der Waals surface area contributed by atoms with E-state index in [-0.39, 0.29) is 4.88 Å². The Labute approximate surface area is 149 Å². The van der Waals surface area contributed by atoms with Gasteiger partial charge in [0, 0.05) is 15.6 Å². The van der Waals surface area contributed by atoms with Crippen LogP contribution in [-0.2, 0) is 0 Å². The van der Waals surface area contributed by atoms with Crippen molar-refractivity contribution in [1.29, 1.82) is 0 Å². The number of carbonyl (C=O) groups is 2. The van der Waals surface area contributed by atoms with Gasteiger partial charge in [0.2, 0.25) is 5.91 Å². The summed E-state index contributed by atoms with van der Waals surface area (Å²) < 4.78 is 0.762. The number of aromatic nitrogens is 2. The molecule has 0 unspecified atom stereocenters. The van der Waals surface area contributed by atoms with Gasteiger partial charge in [0.05, 0.1) is 21.6 Å². The first-order valence-corrected chi connectivity index (χ1v) is 8.39. The van der Waals surface area contributed by atoms with Gasteiger partial charge in [0.15, 0.2) is 0 Å². The van der Waals surface area contributed by atoms with Crippen LogP contribution in [0.4, 0.5) is 0 Å². The van der Waals surface area contributed by atoms with Gasteiger partial charge in [0.1, 0.15) is 10.7 Å². The number of halogens is 1. The average Bonchev–Trinajstić information content (AvgIpc) is 3.15. The highest BCUT2D eigenvalue weighted by molar-refractivity contribution is 7.21. The molecule has 0 radical (unpaired) electrons. The quantitative estimate of drug-likeness (QED) is 0.507. The zero-order valence-corrected chi connectivity index (χ0v) is 14.1. The Morgan fingerprint density at radius 2 is 2.04 bits per heavy atom. The number of carboxylic acids is 1. The number of rotatable bonds is 3. The largest absolute Gasteiger partial charge is 0.477 e. The van der Waals surface area contributed by atoms with Crippen molar-refractivity contribution in [2.24, 2.45) is 5.73 Å². The van der Waals surface area contributed by atoms with Crippen LogP contribution in [0.15, 0.2) is 36.4 Å². The predicted octanol–water partition coefficient (Wildman–Crippen LogP) is 3.90. The fourth-order valence-electron chi connectivity index (χ4n) is 2.76. The molecule has 0 saturated heterocycles. The second kappa shape index (κ2) is 5.58. The van der Waals surface area contributed by atoms with Crippen LogP contribution in [-0.4, -0.2) is 27.0 Å². The van der Waals surface area contributed by atoms with Gasteiger partial charge in [0.25, 0.3) is 0 Å². The Hall–Kier alpha value is -2.90. The van der Waals surface area contributed by atoms with E-state index >= 15 is 0 Å². The van der Waals surface area contributed by atoms with E-state index in [1.807, 2.05) is 6.07 Å². The average molecular weight is 372 g/mol. The molecule has 2 aromatic carbocycles. The first-order valence-electron chi connectivity index (χ1n) is 7.20. The number of fused-ring (bicyclic) bond motifs is 2. The van der Waals surface area contributed by atoms with Gasteiger partial charge in [-0.3, -0.25) is 4.79 Å². The van der Waals surface area contributed by atoms with Crippen LogP contribution in [0.5, 0.6) is 0 Å². The summed E-state index contributed by atoms with van der Waals surface area (Å²) in [6, 6.07) is 10.1. The first-order chi connectivity index (χ1) is 12.0. The van der Waals surface area contributed by atoms with E-state index in [4.69, 9.17) is 17.3 Å². The van der Waals surface area contributed by atoms with E-state index in [0.717, 1.165) is 16.0 Å². The van der Waals surface area contributed by atoms with E-state index in [2.05, 4.69) is 9.97 Å². The zero-order chi connectivity index (χ0) is 17.7. The van der Waals surface area contributed by atoms with E-state index in [1.54, 1.807) is 30.3 Å². The molecule has 0 fully saturated rings. The maximum atomic E-state index is 11.7. The Morgan fingerprint density at radius 3 is 2.76 bits per heavy atom. The predicted molar refractivity (Wildman–Crippen MR) is 97.4 cm³/mol. The van der Waals surface area contributed by atoms with Crippen LogP contribution in [0.2, 0.25) is 5.02 Å². The number of imidazole rings is 1. The summed E-state index contributed by atoms with van der Waals surface area (Å²) in [5.41, 5.74) is 7.26. The molecule has 4 N–H and O–H groups in total. The van der Waals surface area contributed by atoms with Crippen LogP contribution in [0, 0.1) is 0 Å². The van der Waals surface area contributed by atoms with Gasteiger partial charge in [-0.1, -0.05) is 17.7 Å². The van der Waals surface area contributed by atoms with Crippen LogP contribution in [0.1, 0.15) is 20.0 Å². The van der Waals surface area contributed by atoms with Crippen molar-refractivity contribution in [1.82, 2.24) is 9.97 Å². The number of carboxylic acid groups (broad SMARTS) is 1. The number of hydrogen-bond donors (Lipinski definition) is 3. The smallest absolute Gasteiger partial charge is 0.346 e. The van der Waals surface area contributed by atoms with Crippen molar-refractivity contribution >= 4 is 55.9 Å². The molecule has 1 amide bonds. The summed E-state index contributed by atoms with van der Waals surface area (Å²) in [5, 5.41) is 10.7. The van der Waals surface area contributed by atoms with Crippen molar-refractivity contribution in [3.8, 4) is 11.4 Å². The number of nitrogens with one attached hydrogen (secondary N) is 1. The summed E-state index contributed by atoms with van der Waals surface area (Å²) in [7, 11) is 0. The molecule has 4 aromatic rings. The fourth-order valence-corrected chi connectivity index (χ4v) is 4.15. The van der Waals surface area contributed by atoms with Crippen molar-refractivity contribution in [3.63, 3.8) is 0 Å². The topological polar surface area (TPSA) is 109 Å². The SMILES string of the molecule is NC(=O)c1ccc2[nH]c(-c3c(C(=O)O)sc4cccc(Cl)c34)nc2c1. The van der Waals surface area contributed by atoms with Crippen molar-refractivity contribution in [2.45, 2.75) is 0 Å². The molecule has 0 bridgehead atoms. The summed E-state index contributed by atoms with van der Waals surface area (Å²) in [5.74, 6) is -1.22. The van der Waals surface area contributed by atoms with Gasteiger partial charge in [-0.15, -0.1) is 11.3 Å². The number of primary amides is 1. The molecule has 8 heteroatoms. The molecule has 6 nitrogen and oxygen atoms in total. The number of thiophene rings is 1. The van der Waals surface area contributed by atoms with E-state index in [0.29, 0.717) is 38.4 Å². The molecule has 124 valence electrons. The summed E-state index contributed by atoms with van der Waals surface area (Å²) >= 11 is 7.45. The van der Waals surface area contributed by atoms with Crippen molar-refractivity contribution in [2.75, 3.05) is 0 Å². The maximum absolute atomic E-state index is 11.7. The number of nitrogens with zero attached hydrogens (tertiary/aromatic N) is 1. The minimum atomic E-state index is -1.05. The highest BCUT2D eigenvalue weighted by atomic mass is 35.5. The molecular weight excluding hydrogens is 362 g/mol. The lowest BCUT2D eigenvalue weighted by molar-refractivity contribution is 0.0702. The van der Waals surface area contributed by atoms with E-state index in [1.165, 1.54) is 0 Å². The number of aromatic amines is 1. The summed E-state index contributed by atoms with van der Waals surface area (Å²) in [6.45, 7) is 0. The highest BCUT2D eigenvalue weighted by Crippen LogP contribution is 2.41. The second-order valence-corrected chi connectivity index (χ2v) is 6.87. The van der Waals surface area contributed by atoms with Gasteiger partial charge in [-0.25, -0.2) is 9.78 Å². The number of nitrogens with two attached hydrogens (primary N) is 1. The fraction of sp³-hybridized carbons (Fsp3) is 0. The van der Waals surface area contributed by atoms with Gasteiger partial charge >= 0.3 is 5.97 Å². The van der Waals surface area contributed by atoms with Gasteiger partial charge in [-0.2, -0.15) is 0 Å². The molecule has 0 aliphatic heterocycles. The standard InChI is InChI=1S/C17H10ClN3O3S/c18-8-2-1-3-11-12(8)13(14(25-11)17(23)24)16-20-9-5-4-7(15(19)22)6-10(9)21-16/h1-6H,(H2,19,22)(H,20,21)(H,23,24). The molecule has 0 aliphatic carbocycles. The Morgan fingerprint density at radius 1 is 1.24 bits per heavy atom. The minimum Gasteiger partial charge on any atom is -0.477 e.